The predicted molar refractivity (Wildman–Crippen MR) is 157 cm³/mol. The molecule has 0 spiro atoms. The Labute approximate surface area is 231 Å². The van der Waals surface area contributed by atoms with Gasteiger partial charge in [0.15, 0.2) is 0 Å². The van der Waals surface area contributed by atoms with E-state index >= 15 is 0 Å². The number of hydrogen-bond acceptors (Lipinski definition) is 5. The second kappa shape index (κ2) is 14.3. The second-order valence-corrected chi connectivity index (χ2v) is 10.9. The van der Waals surface area contributed by atoms with Crippen LogP contribution in [0.3, 0.4) is 0 Å². The number of aliphatic hydroxyl groups excluding tert-OH is 1. The molecule has 1 aliphatic carbocycles. The summed E-state index contributed by atoms with van der Waals surface area (Å²) in [5, 5.41) is 15.2. The first kappa shape index (κ1) is 28.9. The van der Waals surface area contributed by atoms with E-state index in [1.54, 1.807) is 7.11 Å². The third-order valence-corrected chi connectivity index (χ3v) is 7.98. The monoisotopic (exact) mass is 533 g/mol. The molecule has 1 fully saturated rings. The highest BCUT2D eigenvalue weighted by molar-refractivity contribution is 6.07. The van der Waals surface area contributed by atoms with E-state index < -0.39 is 6.10 Å². The molecule has 6 heteroatoms. The van der Waals surface area contributed by atoms with Crippen LogP contribution in [0.2, 0.25) is 0 Å². The average molecular weight is 534 g/mol. The summed E-state index contributed by atoms with van der Waals surface area (Å²) in [4.78, 5) is 25.1. The van der Waals surface area contributed by atoms with Gasteiger partial charge in [-0.1, -0.05) is 75.8 Å². The molecule has 1 aromatic heterocycles. The van der Waals surface area contributed by atoms with Gasteiger partial charge in [-0.15, -0.1) is 0 Å². The highest BCUT2D eigenvalue weighted by atomic mass is 16.5. The van der Waals surface area contributed by atoms with Crippen molar-refractivity contribution in [3.05, 3.63) is 48.6 Å². The van der Waals surface area contributed by atoms with Crippen LogP contribution >= 0.6 is 0 Å². The second-order valence-electron chi connectivity index (χ2n) is 10.9. The summed E-state index contributed by atoms with van der Waals surface area (Å²) >= 11 is 0. The Morgan fingerprint density at radius 2 is 1.92 bits per heavy atom. The first-order valence-corrected chi connectivity index (χ1v) is 14.7. The molecule has 1 amide bonds. The molecule has 2 aromatic carbocycles. The van der Waals surface area contributed by atoms with Gasteiger partial charge in [0.1, 0.15) is 22.7 Å². The number of methoxy groups -OCH3 is 1. The summed E-state index contributed by atoms with van der Waals surface area (Å²) < 4.78 is 11.5. The standard InChI is InChI=1S/C33H43NO5/c1-3-4-7-12-24(35)19-17-23-18-20-29(36)25(23)13-8-5-6-9-16-33(37)34-28-22-31-27(21-32(28)38-2)26-14-10-11-15-30(26)39-31/h10-11,14-15,17,19,21-25,35H,3-9,12-13,16,18,20H2,1-2H3,(H,34,37)/b19-17+/t23-,24+,25+/m0/s1. The van der Waals surface area contributed by atoms with Gasteiger partial charge in [-0.25, -0.2) is 0 Å². The van der Waals surface area contributed by atoms with E-state index in [0.29, 0.717) is 35.6 Å². The van der Waals surface area contributed by atoms with Crippen molar-refractivity contribution >= 4 is 39.3 Å². The topological polar surface area (TPSA) is 88.8 Å². The van der Waals surface area contributed by atoms with Gasteiger partial charge in [0.05, 0.1) is 18.9 Å². The van der Waals surface area contributed by atoms with Crippen molar-refractivity contribution < 1.29 is 23.8 Å². The van der Waals surface area contributed by atoms with E-state index in [1.807, 2.05) is 42.5 Å². The van der Waals surface area contributed by atoms with Gasteiger partial charge in [0, 0.05) is 35.6 Å². The van der Waals surface area contributed by atoms with Crippen molar-refractivity contribution in [1.82, 2.24) is 0 Å². The summed E-state index contributed by atoms with van der Waals surface area (Å²) in [7, 11) is 1.60. The number of allylic oxidation sites excluding steroid dienone is 1. The third kappa shape index (κ3) is 7.72. The van der Waals surface area contributed by atoms with Gasteiger partial charge in [-0.2, -0.15) is 0 Å². The van der Waals surface area contributed by atoms with Gasteiger partial charge in [-0.05, 0) is 43.7 Å². The number of unbranched alkanes of at least 4 members (excludes halogenated alkanes) is 5. The molecule has 6 nitrogen and oxygen atoms in total. The highest BCUT2D eigenvalue weighted by Crippen LogP contribution is 2.37. The molecule has 1 saturated carbocycles. The average Bonchev–Trinajstić information content (AvgIpc) is 3.48. The Hall–Kier alpha value is -3.12. The first-order valence-electron chi connectivity index (χ1n) is 14.7. The van der Waals surface area contributed by atoms with Gasteiger partial charge >= 0.3 is 0 Å². The summed E-state index contributed by atoms with van der Waals surface area (Å²) in [6.07, 6.45) is 14.3. The van der Waals surface area contributed by atoms with Crippen LogP contribution in [0.1, 0.15) is 84.0 Å². The lowest BCUT2D eigenvalue weighted by atomic mass is 9.89. The summed E-state index contributed by atoms with van der Waals surface area (Å²) in [6.45, 7) is 2.16. The van der Waals surface area contributed by atoms with Gasteiger partial charge in [-0.3, -0.25) is 9.59 Å². The number of ether oxygens (including phenoxy) is 1. The van der Waals surface area contributed by atoms with Crippen LogP contribution in [-0.4, -0.2) is 30.0 Å². The minimum atomic E-state index is -0.403. The summed E-state index contributed by atoms with van der Waals surface area (Å²) in [5.74, 6) is 1.26. The van der Waals surface area contributed by atoms with E-state index in [-0.39, 0.29) is 17.7 Å². The zero-order chi connectivity index (χ0) is 27.6. The number of anilines is 1. The molecule has 0 aliphatic heterocycles. The van der Waals surface area contributed by atoms with Crippen molar-refractivity contribution in [2.75, 3.05) is 12.4 Å². The number of carbonyl (C=O) groups is 2. The maximum atomic E-state index is 12.7. The number of aliphatic hydroxyl groups is 1. The molecule has 39 heavy (non-hydrogen) atoms. The largest absolute Gasteiger partial charge is 0.495 e. The summed E-state index contributed by atoms with van der Waals surface area (Å²) in [5.41, 5.74) is 2.14. The quantitative estimate of drug-likeness (QED) is 0.153. The number of furan rings is 1. The number of nitrogens with one attached hydrogen (secondary N) is 1. The number of amides is 1. The molecule has 210 valence electrons. The highest BCUT2D eigenvalue weighted by Gasteiger charge is 2.32. The van der Waals surface area contributed by atoms with Gasteiger partial charge < -0.3 is 19.6 Å². The lowest BCUT2D eigenvalue weighted by Crippen LogP contribution is -2.14. The number of para-hydroxylation sites is 1. The number of hydrogen-bond donors (Lipinski definition) is 2. The third-order valence-electron chi connectivity index (χ3n) is 7.98. The molecule has 3 aromatic rings. The number of benzene rings is 2. The Balaban J connectivity index is 1.19. The van der Waals surface area contributed by atoms with Crippen molar-refractivity contribution in [3.63, 3.8) is 0 Å². The molecule has 0 unspecified atom stereocenters. The normalized spacial score (nSPS) is 18.4. The SMILES string of the molecule is CCCCC[C@@H](O)/C=C/[C@H]1CCC(=O)[C@@H]1CCCCCCC(=O)Nc1cc2oc3ccccc3c2cc1OC. The first-order chi connectivity index (χ1) is 19.0. The number of ketones is 1. The Bertz CT molecular complexity index is 1280. The van der Waals surface area contributed by atoms with Crippen LogP contribution in [0.15, 0.2) is 53.0 Å². The predicted octanol–water partition coefficient (Wildman–Crippen LogP) is 7.97. The maximum Gasteiger partial charge on any atom is 0.224 e. The Kier molecular flexibility index (Phi) is 10.6. The molecule has 0 saturated heterocycles. The van der Waals surface area contributed by atoms with Crippen LogP contribution in [0.5, 0.6) is 5.75 Å². The Morgan fingerprint density at radius 3 is 2.74 bits per heavy atom. The van der Waals surface area contributed by atoms with Crippen LogP contribution in [0.25, 0.3) is 21.9 Å². The molecular formula is C33H43NO5. The fourth-order valence-corrected chi connectivity index (χ4v) is 5.74. The van der Waals surface area contributed by atoms with E-state index in [9.17, 15) is 14.7 Å². The van der Waals surface area contributed by atoms with Crippen molar-refractivity contribution in [2.45, 2.75) is 90.1 Å². The fraction of sp³-hybridized carbons (Fsp3) is 0.515. The molecule has 1 heterocycles. The summed E-state index contributed by atoms with van der Waals surface area (Å²) in [6, 6.07) is 11.6. The van der Waals surface area contributed by atoms with Crippen molar-refractivity contribution in [3.8, 4) is 5.75 Å². The molecule has 0 radical (unpaired) electrons. The van der Waals surface area contributed by atoms with E-state index in [2.05, 4.69) is 18.3 Å². The zero-order valence-electron chi connectivity index (χ0n) is 23.4. The van der Waals surface area contributed by atoms with Crippen molar-refractivity contribution in [1.29, 1.82) is 0 Å². The number of carbonyl (C=O) groups excluding carboxylic acids is 2. The van der Waals surface area contributed by atoms with Crippen LogP contribution < -0.4 is 10.1 Å². The van der Waals surface area contributed by atoms with Crippen LogP contribution in [0, 0.1) is 11.8 Å². The van der Waals surface area contributed by atoms with E-state index in [0.717, 1.165) is 80.6 Å². The molecule has 1 aliphatic rings. The Morgan fingerprint density at radius 1 is 1.10 bits per heavy atom. The lowest BCUT2D eigenvalue weighted by molar-refractivity contribution is -0.121. The number of rotatable bonds is 15. The zero-order valence-corrected chi connectivity index (χ0v) is 23.4. The minimum Gasteiger partial charge on any atom is -0.495 e. The molecule has 0 bridgehead atoms. The van der Waals surface area contributed by atoms with Crippen molar-refractivity contribution in [2.24, 2.45) is 11.8 Å². The molecule has 4 rings (SSSR count). The van der Waals surface area contributed by atoms with Crippen LogP contribution in [0.4, 0.5) is 5.69 Å². The van der Waals surface area contributed by atoms with E-state index in [4.69, 9.17) is 9.15 Å². The maximum absolute atomic E-state index is 12.7. The lowest BCUT2D eigenvalue weighted by Gasteiger charge is -2.15. The van der Waals surface area contributed by atoms with Crippen LogP contribution in [-0.2, 0) is 9.59 Å². The fourth-order valence-electron chi connectivity index (χ4n) is 5.74. The smallest absolute Gasteiger partial charge is 0.224 e. The minimum absolute atomic E-state index is 0.0440. The van der Waals surface area contributed by atoms with Gasteiger partial charge in [0.25, 0.3) is 0 Å². The molecule has 3 atom stereocenters. The number of fused-ring (bicyclic) bond motifs is 3. The van der Waals surface area contributed by atoms with Gasteiger partial charge in [0.2, 0.25) is 5.91 Å². The number of Topliss-reactive ketones (excluding diaryl/α,β-unsaturated/α-hetero) is 1. The molecular weight excluding hydrogens is 490 g/mol. The van der Waals surface area contributed by atoms with E-state index in [1.165, 1.54) is 0 Å². The molecule has 2 N–H and O–H groups in total.